The fraction of sp³-hybridized carbons (Fsp3) is 0.660. The summed E-state index contributed by atoms with van der Waals surface area (Å²) < 4.78 is 32.7. The lowest BCUT2D eigenvalue weighted by Crippen LogP contribution is -2.29. The van der Waals surface area contributed by atoms with E-state index in [1.165, 1.54) is 57.8 Å². The van der Waals surface area contributed by atoms with Crippen molar-refractivity contribution in [3.05, 3.63) is 85.1 Å². The van der Waals surface area contributed by atoms with Crippen LogP contribution in [0.1, 0.15) is 168 Å². The van der Waals surface area contributed by atoms with Crippen molar-refractivity contribution < 1.29 is 37.6 Å². The van der Waals surface area contributed by atoms with E-state index in [0.717, 1.165) is 64.2 Å². The quantitative estimate of drug-likeness (QED) is 0.0268. The van der Waals surface area contributed by atoms with Gasteiger partial charge in [0.15, 0.2) is 6.10 Å². The van der Waals surface area contributed by atoms with Crippen LogP contribution in [0.2, 0.25) is 0 Å². The van der Waals surface area contributed by atoms with Crippen LogP contribution < -0.4 is 5.73 Å². The summed E-state index contributed by atoms with van der Waals surface area (Å²) in [5.41, 5.74) is 5.34. The number of ether oxygens (including phenoxy) is 2. The van der Waals surface area contributed by atoms with Crippen LogP contribution in [-0.2, 0) is 32.7 Å². The molecule has 10 heteroatoms. The fourth-order valence-electron chi connectivity index (χ4n) is 5.52. The van der Waals surface area contributed by atoms with Crippen molar-refractivity contribution in [2.75, 3.05) is 26.4 Å². The van der Waals surface area contributed by atoms with Crippen LogP contribution in [0, 0.1) is 0 Å². The Kier molecular flexibility index (Phi) is 40.7. The van der Waals surface area contributed by atoms with E-state index in [1.807, 2.05) is 6.08 Å². The SMILES string of the molecule is CC/C=C\C/C=C\C/C=C\C/C=C\C/C=C\CCCC(=O)O[C@H](COC(=O)CCCCCCCCCCC/C=C\C/C=C\CCCCC)COP(=O)(O)OCCN. The average Bonchev–Trinajstić information content (AvgIpc) is 3.20. The highest BCUT2D eigenvalue weighted by molar-refractivity contribution is 7.47. The van der Waals surface area contributed by atoms with Gasteiger partial charge in [0.1, 0.15) is 6.61 Å². The molecule has 3 N–H and O–H groups in total. The first-order valence-corrected chi connectivity index (χ1v) is 23.6. The lowest BCUT2D eigenvalue weighted by Gasteiger charge is -2.19. The highest BCUT2D eigenvalue weighted by Gasteiger charge is 2.25. The van der Waals surface area contributed by atoms with E-state index in [2.05, 4.69) is 92.8 Å². The van der Waals surface area contributed by atoms with Crippen molar-refractivity contribution in [2.45, 2.75) is 174 Å². The van der Waals surface area contributed by atoms with Gasteiger partial charge in [0.05, 0.1) is 13.2 Å². The number of rotatable bonds is 40. The molecule has 0 rings (SSSR count). The summed E-state index contributed by atoms with van der Waals surface area (Å²) in [4.78, 5) is 34.9. The Morgan fingerprint density at radius 3 is 1.49 bits per heavy atom. The topological polar surface area (TPSA) is 134 Å². The van der Waals surface area contributed by atoms with E-state index < -0.39 is 32.5 Å². The molecule has 57 heavy (non-hydrogen) atoms. The highest BCUT2D eigenvalue weighted by atomic mass is 31.2. The number of phosphoric acid groups is 1. The summed E-state index contributed by atoms with van der Waals surface area (Å²) in [7, 11) is -4.40. The van der Waals surface area contributed by atoms with Gasteiger partial charge < -0.3 is 20.1 Å². The monoisotopic (exact) mass is 818 g/mol. The second kappa shape index (κ2) is 42.8. The Hall–Kier alpha value is -2.81. The van der Waals surface area contributed by atoms with Crippen LogP contribution in [0.5, 0.6) is 0 Å². The van der Waals surface area contributed by atoms with Gasteiger partial charge in [-0.2, -0.15) is 0 Å². The summed E-state index contributed by atoms with van der Waals surface area (Å²) in [5, 5.41) is 0. The summed E-state index contributed by atoms with van der Waals surface area (Å²) >= 11 is 0. The molecule has 2 atom stereocenters. The number of esters is 2. The van der Waals surface area contributed by atoms with Crippen molar-refractivity contribution in [2.24, 2.45) is 5.73 Å². The van der Waals surface area contributed by atoms with Gasteiger partial charge >= 0.3 is 19.8 Å². The molecular formula is C47H80NO8P. The molecule has 0 aliphatic carbocycles. The van der Waals surface area contributed by atoms with E-state index in [1.54, 1.807) is 0 Å². The van der Waals surface area contributed by atoms with Crippen LogP contribution in [0.4, 0.5) is 0 Å². The zero-order chi connectivity index (χ0) is 41.8. The maximum Gasteiger partial charge on any atom is 0.472 e. The summed E-state index contributed by atoms with van der Waals surface area (Å²) in [6.07, 6.45) is 53.3. The molecule has 0 saturated carbocycles. The molecule has 1 unspecified atom stereocenters. The first-order chi connectivity index (χ1) is 27.8. The third kappa shape index (κ3) is 42.6. The van der Waals surface area contributed by atoms with Gasteiger partial charge in [0.2, 0.25) is 0 Å². The average molecular weight is 818 g/mol. The molecule has 0 amide bonds. The van der Waals surface area contributed by atoms with E-state index in [0.29, 0.717) is 19.3 Å². The van der Waals surface area contributed by atoms with Crippen LogP contribution in [-0.4, -0.2) is 49.3 Å². The number of carbonyl (C=O) groups is 2. The first-order valence-electron chi connectivity index (χ1n) is 22.1. The number of carbonyl (C=O) groups excluding carboxylic acids is 2. The molecule has 0 radical (unpaired) electrons. The van der Waals surface area contributed by atoms with Crippen molar-refractivity contribution >= 4 is 19.8 Å². The van der Waals surface area contributed by atoms with Gasteiger partial charge in [-0.05, 0) is 83.5 Å². The van der Waals surface area contributed by atoms with Crippen LogP contribution >= 0.6 is 7.82 Å². The van der Waals surface area contributed by atoms with Gasteiger partial charge in [-0.1, -0.05) is 157 Å². The van der Waals surface area contributed by atoms with Gasteiger partial charge in [-0.25, -0.2) is 4.57 Å². The molecule has 0 aromatic heterocycles. The Bertz CT molecular complexity index is 1210. The number of phosphoric ester groups is 1. The third-order valence-electron chi connectivity index (χ3n) is 8.77. The lowest BCUT2D eigenvalue weighted by atomic mass is 10.1. The molecule has 326 valence electrons. The van der Waals surface area contributed by atoms with Gasteiger partial charge in [0.25, 0.3) is 0 Å². The molecule has 0 aromatic carbocycles. The molecule has 9 nitrogen and oxygen atoms in total. The number of hydrogen-bond donors (Lipinski definition) is 2. The fourth-order valence-corrected chi connectivity index (χ4v) is 6.29. The molecule has 0 spiro atoms. The molecule has 0 aliphatic heterocycles. The smallest absolute Gasteiger partial charge is 0.462 e. The number of allylic oxidation sites excluding steroid dienone is 14. The van der Waals surface area contributed by atoms with Crippen LogP contribution in [0.15, 0.2) is 85.1 Å². The van der Waals surface area contributed by atoms with E-state index in [-0.39, 0.29) is 32.6 Å². The Morgan fingerprint density at radius 1 is 0.544 bits per heavy atom. The van der Waals surface area contributed by atoms with Crippen molar-refractivity contribution in [3.63, 3.8) is 0 Å². The summed E-state index contributed by atoms with van der Waals surface area (Å²) in [6.45, 7) is 3.51. The standard InChI is InChI=1S/C47H80NO8P/c1-3-5-7-9-11-13-15-17-19-21-22-24-25-27-29-31-33-35-37-39-46(49)53-43-45(44-55-57(51,52)54-42-41-48)56-47(50)40-38-36-34-32-30-28-26-23-20-18-16-14-12-10-8-6-4-2/h6,8,11-14,17-20,26,28,32,34,45H,3-5,7,9-10,15-16,21-25,27,29-31,33,35-44,48H2,1-2H3,(H,51,52)/b8-6-,13-11-,14-12-,19-17-,20-18-,28-26-,34-32-/t45-/m1/s1. The minimum absolute atomic E-state index is 0.0394. The summed E-state index contributed by atoms with van der Waals surface area (Å²) in [5.74, 6) is -0.908. The largest absolute Gasteiger partial charge is 0.472 e. The Morgan fingerprint density at radius 2 is 0.982 bits per heavy atom. The Balaban J connectivity index is 4.24. The maximum absolute atomic E-state index is 12.6. The van der Waals surface area contributed by atoms with Crippen LogP contribution in [0.3, 0.4) is 0 Å². The molecule has 0 aromatic rings. The third-order valence-corrected chi connectivity index (χ3v) is 9.75. The van der Waals surface area contributed by atoms with E-state index >= 15 is 0 Å². The Labute approximate surface area is 347 Å². The van der Waals surface area contributed by atoms with Crippen molar-refractivity contribution in [3.8, 4) is 0 Å². The van der Waals surface area contributed by atoms with Crippen molar-refractivity contribution in [1.82, 2.24) is 0 Å². The molecule has 0 aliphatic rings. The van der Waals surface area contributed by atoms with Gasteiger partial charge in [-0.15, -0.1) is 0 Å². The molecular weight excluding hydrogens is 737 g/mol. The number of hydrogen-bond acceptors (Lipinski definition) is 8. The minimum Gasteiger partial charge on any atom is -0.462 e. The molecule has 0 saturated heterocycles. The second-order valence-corrected chi connectivity index (χ2v) is 15.6. The maximum atomic E-state index is 12.6. The second-order valence-electron chi connectivity index (χ2n) is 14.2. The lowest BCUT2D eigenvalue weighted by molar-refractivity contribution is -0.161. The van der Waals surface area contributed by atoms with E-state index in [4.69, 9.17) is 24.3 Å². The first kappa shape index (κ1) is 54.2. The molecule has 0 heterocycles. The van der Waals surface area contributed by atoms with E-state index in [9.17, 15) is 19.0 Å². The van der Waals surface area contributed by atoms with Gasteiger partial charge in [-0.3, -0.25) is 18.6 Å². The van der Waals surface area contributed by atoms with Gasteiger partial charge in [0, 0.05) is 19.4 Å². The zero-order valence-corrected chi connectivity index (χ0v) is 36.7. The predicted octanol–water partition coefficient (Wildman–Crippen LogP) is 12.8. The highest BCUT2D eigenvalue weighted by Crippen LogP contribution is 2.43. The van der Waals surface area contributed by atoms with Crippen molar-refractivity contribution in [1.29, 1.82) is 0 Å². The predicted molar refractivity (Wildman–Crippen MR) is 238 cm³/mol. The van der Waals surface area contributed by atoms with Crippen LogP contribution in [0.25, 0.3) is 0 Å². The number of nitrogens with two attached hydrogens (primary N) is 1. The zero-order valence-electron chi connectivity index (χ0n) is 35.8. The normalized spacial score (nSPS) is 14.1. The minimum atomic E-state index is -4.40. The molecule has 0 bridgehead atoms. The molecule has 0 fully saturated rings. The number of unbranched alkanes of at least 4 members (excludes halogenated alkanes) is 13. The summed E-state index contributed by atoms with van der Waals surface area (Å²) in [6, 6.07) is 0.